The average molecular weight is 591 g/mol. The van der Waals surface area contributed by atoms with E-state index in [-0.39, 0.29) is 0 Å². The van der Waals surface area contributed by atoms with E-state index >= 15 is 0 Å². The highest BCUT2D eigenvalue weighted by atomic mass is 28.3. The molecule has 2 aromatic heterocycles. The number of pyridine rings is 1. The molecule has 212 valence electrons. The fourth-order valence-corrected chi connectivity index (χ4v) is 12.4. The van der Waals surface area contributed by atoms with E-state index in [1.807, 2.05) is 12.3 Å². The molecule has 0 N–H and O–H groups in total. The summed E-state index contributed by atoms with van der Waals surface area (Å²) >= 11 is 0. The van der Waals surface area contributed by atoms with Crippen LogP contribution in [0.25, 0.3) is 38.8 Å². The van der Waals surface area contributed by atoms with Crippen LogP contribution in [0.15, 0.2) is 170 Å². The average Bonchev–Trinajstić information content (AvgIpc) is 3.65. The lowest BCUT2D eigenvalue weighted by molar-refractivity contribution is 1.13. The van der Waals surface area contributed by atoms with Crippen LogP contribution in [-0.2, 0) is 6.42 Å². The van der Waals surface area contributed by atoms with Gasteiger partial charge in [0.05, 0.1) is 5.52 Å². The van der Waals surface area contributed by atoms with Crippen LogP contribution in [-0.4, -0.2) is 17.6 Å². The highest BCUT2D eigenvalue weighted by Crippen LogP contribution is 2.39. The minimum absolute atomic E-state index is 0.952. The molecule has 2 nitrogen and oxygen atoms in total. The fraction of sp³-hybridized carbons (Fsp3) is 0.0238. The highest BCUT2D eigenvalue weighted by molar-refractivity contribution is 7.19. The maximum absolute atomic E-state index is 4.85. The third kappa shape index (κ3) is 3.91. The number of fused-ring (bicyclic) bond motifs is 6. The van der Waals surface area contributed by atoms with Gasteiger partial charge >= 0.3 is 0 Å². The van der Waals surface area contributed by atoms with Gasteiger partial charge in [-0.25, -0.2) is 4.98 Å². The van der Waals surface area contributed by atoms with Gasteiger partial charge in [0, 0.05) is 22.7 Å². The van der Waals surface area contributed by atoms with Gasteiger partial charge < -0.3 is 0 Å². The molecule has 0 spiro atoms. The first-order valence-corrected chi connectivity index (χ1v) is 17.6. The van der Waals surface area contributed by atoms with Gasteiger partial charge in [-0.1, -0.05) is 133 Å². The van der Waals surface area contributed by atoms with E-state index in [0.29, 0.717) is 0 Å². The quantitative estimate of drug-likeness (QED) is 0.154. The molecule has 0 radical (unpaired) electrons. The number of benzene rings is 6. The molecule has 1 aliphatic carbocycles. The zero-order valence-corrected chi connectivity index (χ0v) is 25.8. The number of para-hydroxylation sites is 1. The number of hydrogen-bond donors (Lipinski definition) is 0. The van der Waals surface area contributed by atoms with Crippen LogP contribution < -0.4 is 20.7 Å². The van der Waals surface area contributed by atoms with E-state index in [1.165, 1.54) is 59.3 Å². The lowest BCUT2D eigenvalue weighted by Gasteiger charge is -2.34. The Labute approximate surface area is 263 Å². The summed E-state index contributed by atoms with van der Waals surface area (Å²) in [6.45, 7) is 0. The topological polar surface area (TPSA) is 17.8 Å². The van der Waals surface area contributed by atoms with E-state index in [9.17, 15) is 0 Å². The Morgan fingerprint density at radius 1 is 0.467 bits per heavy atom. The second-order valence-electron chi connectivity index (χ2n) is 12.0. The van der Waals surface area contributed by atoms with Crippen LogP contribution in [0, 0.1) is 0 Å². The third-order valence-corrected chi connectivity index (χ3v) is 14.4. The number of nitrogens with zero attached hydrogens (tertiary/aromatic N) is 2. The molecule has 45 heavy (non-hydrogen) atoms. The second-order valence-corrected chi connectivity index (χ2v) is 15.8. The third-order valence-electron chi connectivity index (χ3n) is 9.62. The van der Waals surface area contributed by atoms with Crippen LogP contribution in [0.2, 0.25) is 0 Å². The monoisotopic (exact) mass is 590 g/mol. The predicted octanol–water partition coefficient (Wildman–Crippen LogP) is 7.13. The number of hydrogen-bond acceptors (Lipinski definition) is 1. The van der Waals surface area contributed by atoms with Crippen molar-refractivity contribution in [3.63, 3.8) is 0 Å². The normalized spacial score (nSPS) is 12.4. The van der Waals surface area contributed by atoms with E-state index in [4.69, 9.17) is 4.98 Å². The minimum atomic E-state index is -2.62. The van der Waals surface area contributed by atoms with Crippen molar-refractivity contribution < 1.29 is 0 Å². The summed E-state index contributed by atoms with van der Waals surface area (Å²) in [7, 11) is -2.62. The molecule has 0 atom stereocenters. The lowest BCUT2D eigenvalue weighted by Crippen LogP contribution is -2.74. The zero-order valence-electron chi connectivity index (χ0n) is 24.8. The summed E-state index contributed by atoms with van der Waals surface area (Å²) in [5.41, 5.74) is 8.76. The molecule has 3 heteroatoms. The Bertz CT molecular complexity index is 2190. The molecule has 1 aliphatic rings. The molecule has 2 heterocycles. The second kappa shape index (κ2) is 10.3. The highest BCUT2D eigenvalue weighted by Gasteiger charge is 2.42. The number of rotatable bonds is 5. The SMILES string of the molecule is c1ccc([Si](c2ccccc2)(c2ccccc2)c2ccc3c(c2)-c2cc(-n4c5ccccc5c5cccnc54)ccc2C3)cc1. The van der Waals surface area contributed by atoms with Gasteiger partial charge in [0.1, 0.15) is 5.65 Å². The Morgan fingerprint density at radius 2 is 1.02 bits per heavy atom. The van der Waals surface area contributed by atoms with Gasteiger partial charge in [-0.05, 0) is 79.8 Å². The summed E-state index contributed by atoms with van der Waals surface area (Å²) in [5.74, 6) is 0. The number of aromatic nitrogens is 2. The summed E-state index contributed by atoms with van der Waals surface area (Å²) < 4.78 is 2.32. The van der Waals surface area contributed by atoms with Gasteiger partial charge in [-0.3, -0.25) is 4.57 Å². The van der Waals surface area contributed by atoms with E-state index in [2.05, 4.69) is 162 Å². The molecule has 6 aromatic carbocycles. The van der Waals surface area contributed by atoms with Crippen molar-refractivity contribution in [1.29, 1.82) is 0 Å². The van der Waals surface area contributed by atoms with Crippen molar-refractivity contribution >= 4 is 50.8 Å². The first-order valence-electron chi connectivity index (χ1n) is 15.6. The molecule has 0 saturated heterocycles. The molecule has 9 rings (SSSR count). The van der Waals surface area contributed by atoms with Crippen LogP contribution >= 0.6 is 0 Å². The Hall–Kier alpha value is -5.51. The minimum Gasteiger partial charge on any atom is -0.294 e. The summed E-state index contributed by atoms with van der Waals surface area (Å²) in [5, 5.41) is 8.00. The first-order chi connectivity index (χ1) is 22.3. The Balaban J connectivity index is 1.29. The van der Waals surface area contributed by atoms with Gasteiger partial charge in [-0.15, -0.1) is 0 Å². The van der Waals surface area contributed by atoms with Crippen LogP contribution in [0.5, 0.6) is 0 Å². The van der Waals surface area contributed by atoms with E-state index < -0.39 is 8.07 Å². The van der Waals surface area contributed by atoms with Gasteiger partial charge in [0.2, 0.25) is 0 Å². The smallest absolute Gasteiger partial charge is 0.179 e. The first kappa shape index (κ1) is 25.9. The Morgan fingerprint density at radius 3 is 1.69 bits per heavy atom. The molecule has 8 aromatic rings. The van der Waals surface area contributed by atoms with Crippen LogP contribution in [0.4, 0.5) is 0 Å². The van der Waals surface area contributed by atoms with Crippen molar-refractivity contribution in [3.8, 4) is 16.8 Å². The van der Waals surface area contributed by atoms with Gasteiger partial charge in [-0.2, -0.15) is 0 Å². The van der Waals surface area contributed by atoms with E-state index in [1.54, 1.807) is 0 Å². The molecular formula is C42H30N2Si. The largest absolute Gasteiger partial charge is 0.294 e. The molecular weight excluding hydrogens is 561 g/mol. The molecule has 0 amide bonds. The standard InChI is InChI=1S/C42H30N2Si/c1-4-13-33(14-5-1)45(34-15-6-2-7-16-34,35-17-8-3-9-18-35)36-25-23-31-27-30-22-24-32(28-39(30)40(31)29-36)44-41-21-11-10-19-37(41)38-20-12-26-43-42(38)44/h1-26,28-29H,27H2. The molecule has 0 aliphatic heterocycles. The lowest BCUT2D eigenvalue weighted by atomic mass is 10.1. The molecule has 0 saturated carbocycles. The molecule has 0 fully saturated rings. The predicted molar refractivity (Wildman–Crippen MR) is 190 cm³/mol. The van der Waals surface area contributed by atoms with Crippen molar-refractivity contribution in [2.45, 2.75) is 6.42 Å². The fourth-order valence-electron chi connectivity index (χ4n) is 7.65. The Kier molecular flexibility index (Phi) is 5.93. The van der Waals surface area contributed by atoms with Crippen LogP contribution in [0.3, 0.4) is 0 Å². The van der Waals surface area contributed by atoms with Crippen molar-refractivity contribution in [2.24, 2.45) is 0 Å². The maximum atomic E-state index is 4.85. The van der Waals surface area contributed by atoms with Gasteiger partial charge in [0.25, 0.3) is 0 Å². The van der Waals surface area contributed by atoms with E-state index in [0.717, 1.165) is 17.8 Å². The summed E-state index contributed by atoms with van der Waals surface area (Å²) in [6, 6.07) is 60.7. The molecule has 0 unspecified atom stereocenters. The molecule has 0 bridgehead atoms. The van der Waals surface area contributed by atoms with Crippen molar-refractivity contribution in [2.75, 3.05) is 0 Å². The zero-order chi connectivity index (χ0) is 29.8. The van der Waals surface area contributed by atoms with Crippen molar-refractivity contribution in [3.05, 3.63) is 181 Å². The van der Waals surface area contributed by atoms with Crippen molar-refractivity contribution in [1.82, 2.24) is 9.55 Å². The summed E-state index contributed by atoms with van der Waals surface area (Å²) in [6.07, 6.45) is 2.85. The maximum Gasteiger partial charge on any atom is 0.179 e. The van der Waals surface area contributed by atoms with Crippen LogP contribution in [0.1, 0.15) is 11.1 Å². The summed E-state index contributed by atoms with van der Waals surface area (Å²) in [4.78, 5) is 4.85. The van der Waals surface area contributed by atoms with Gasteiger partial charge in [0.15, 0.2) is 8.07 Å².